The van der Waals surface area contributed by atoms with Gasteiger partial charge in [0.2, 0.25) is 10.0 Å². The van der Waals surface area contributed by atoms with E-state index in [-0.39, 0.29) is 17.5 Å². The minimum absolute atomic E-state index is 0.0581. The molecule has 1 aliphatic heterocycles. The van der Waals surface area contributed by atoms with Crippen LogP contribution in [0, 0.1) is 0 Å². The van der Waals surface area contributed by atoms with Crippen LogP contribution >= 0.6 is 0 Å². The molecule has 21 heavy (non-hydrogen) atoms. The fourth-order valence-electron chi connectivity index (χ4n) is 2.50. The van der Waals surface area contributed by atoms with Crippen LogP contribution in [0.2, 0.25) is 0 Å². The quantitative estimate of drug-likeness (QED) is 0.875. The predicted octanol–water partition coefficient (Wildman–Crippen LogP) is 0.953. The maximum absolute atomic E-state index is 12.8. The molecular weight excluding hydrogens is 292 g/mol. The molecule has 0 saturated carbocycles. The van der Waals surface area contributed by atoms with Crippen molar-refractivity contribution < 1.29 is 17.9 Å². The summed E-state index contributed by atoms with van der Waals surface area (Å²) in [5, 5.41) is 0. The fraction of sp³-hybridized carbons (Fsp3) is 0.571. The van der Waals surface area contributed by atoms with Gasteiger partial charge in [-0.15, -0.1) is 0 Å². The van der Waals surface area contributed by atoms with E-state index in [9.17, 15) is 8.42 Å². The van der Waals surface area contributed by atoms with Crippen LogP contribution in [0.4, 0.5) is 0 Å². The highest BCUT2D eigenvalue weighted by atomic mass is 32.2. The van der Waals surface area contributed by atoms with Crippen molar-refractivity contribution in [2.24, 2.45) is 5.73 Å². The molecule has 1 aliphatic rings. The van der Waals surface area contributed by atoms with Gasteiger partial charge in [-0.3, -0.25) is 0 Å². The van der Waals surface area contributed by atoms with Crippen molar-refractivity contribution in [3.8, 4) is 5.75 Å². The zero-order chi connectivity index (χ0) is 15.5. The summed E-state index contributed by atoms with van der Waals surface area (Å²) in [5.74, 6) is 0.340. The topological polar surface area (TPSA) is 81.9 Å². The SMILES string of the molecule is COc1ccc(CN)cc1S(=O)(=O)N1CCCC(OC)C1. The summed E-state index contributed by atoms with van der Waals surface area (Å²) in [5.41, 5.74) is 6.37. The normalized spacial score (nSPS) is 20.4. The van der Waals surface area contributed by atoms with Gasteiger partial charge in [-0.1, -0.05) is 6.07 Å². The van der Waals surface area contributed by atoms with Crippen LogP contribution in [0.1, 0.15) is 18.4 Å². The molecule has 1 aromatic rings. The molecule has 0 bridgehead atoms. The number of hydrogen-bond donors (Lipinski definition) is 1. The molecule has 1 atom stereocenters. The summed E-state index contributed by atoms with van der Waals surface area (Å²) in [6.45, 7) is 1.15. The van der Waals surface area contributed by atoms with Crippen molar-refractivity contribution in [3.63, 3.8) is 0 Å². The monoisotopic (exact) mass is 314 g/mol. The third-order valence-corrected chi connectivity index (χ3v) is 5.64. The standard InChI is InChI=1S/C14H22N2O4S/c1-19-12-4-3-7-16(10-12)21(17,18)14-8-11(9-15)5-6-13(14)20-2/h5-6,8,12H,3-4,7,9-10,15H2,1-2H3. The Morgan fingerprint density at radius 2 is 2.14 bits per heavy atom. The molecule has 1 saturated heterocycles. The van der Waals surface area contributed by atoms with E-state index >= 15 is 0 Å². The number of ether oxygens (including phenoxy) is 2. The maximum atomic E-state index is 12.8. The first-order valence-corrected chi connectivity index (χ1v) is 8.37. The van der Waals surface area contributed by atoms with Gasteiger partial charge < -0.3 is 15.2 Å². The summed E-state index contributed by atoms with van der Waals surface area (Å²) >= 11 is 0. The molecule has 0 amide bonds. The largest absolute Gasteiger partial charge is 0.495 e. The van der Waals surface area contributed by atoms with Gasteiger partial charge in [0.25, 0.3) is 0 Å². The van der Waals surface area contributed by atoms with Crippen LogP contribution < -0.4 is 10.5 Å². The molecule has 2 N–H and O–H groups in total. The van der Waals surface area contributed by atoms with Gasteiger partial charge in [0.15, 0.2) is 0 Å². The molecule has 0 aromatic heterocycles. The Labute approximate surface area is 125 Å². The number of piperidine rings is 1. The van der Waals surface area contributed by atoms with E-state index in [1.54, 1.807) is 25.3 Å². The first kappa shape index (κ1) is 16.2. The van der Waals surface area contributed by atoms with E-state index in [1.807, 2.05) is 0 Å². The van der Waals surface area contributed by atoms with Crippen LogP contribution in [0.15, 0.2) is 23.1 Å². The Morgan fingerprint density at radius 1 is 1.38 bits per heavy atom. The lowest BCUT2D eigenvalue weighted by atomic mass is 10.1. The average molecular weight is 314 g/mol. The zero-order valence-electron chi connectivity index (χ0n) is 12.4. The van der Waals surface area contributed by atoms with Gasteiger partial charge in [0.05, 0.1) is 13.2 Å². The highest BCUT2D eigenvalue weighted by molar-refractivity contribution is 7.89. The molecule has 1 aromatic carbocycles. The molecule has 0 radical (unpaired) electrons. The minimum atomic E-state index is -3.61. The Bertz CT molecular complexity index is 589. The third-order valence-electron chi connectivity index (χ3n) is 3.76. The first-order chi connectivity index (χ1) is 10.0. The van der Waals surface area contributed by atoms with Crippen LogP contribution in [0.3, 0.4) is 0 Å². The number of methoxy groups -OCH3 is 2. The van der Waals surface area contributed by atoms with Crippen LogP contribution in [0.5, 0.6) is 5.75 Å². The van der Waals surface area contributed by atoms with Crippen molar-refractivity contribution in [2.45, 2.75) is 30.4 Å². The molecule has 1 fully saturated rings. The summed E-state index contributed by atoms with van der Waals surface area (Å²) in [4.78, 5) is 0.171. The molecule has 1 unspecified atom stereocenters. The van der Waals surface area contributed by atoms with E-state index in [0.717, 1.165) is 18.4 Å². The van der Waals surface area contributed by atoms with E-state index in [4.69, 9.17) is 15.2 Å². The van der Waals surface area contributed by atoms with E-state index in [0.29, 0.717) is 18.8 Å². The van der Waals surface area contributed by atoms with Crippen molar-refractivity contribution >= 4 is 10.0 Å². The first-order valence-electron chi connectivity index (χ1n) is 6.93. The molecule has 6 nitrogen and oxygen atoms in total. The third kappa shape index (κ3) is 3.37. The molecule has 118 valence electrons. The lowest BCUT2D eigenvalue weighted by Gasteiger charge is -2.31. The van der Waals surface area contributed by atoms with Gasteiger partial charge in [-0.2, -0.15) is 4.31 Å². The molecule has 0 spiro atoms. The summed E-state index contributed by atoms with van der Waals surface area (Å²) in [6.07, 6.45) is 1.61. The van der Waals surface area contributed by atoms with Crippen molar-refractivity contribution in [2.75, 3.05) is 27.3 Å². The molecular formula is C14H22N2O4S. The van der Waals surface area contributed by atoms with Gasteiger partial charge in [0, 0.05) is 26.7 Å². The number of benzene rings is 1. The lowest BCUT2D eigenvalue weighted by Crippen LogP contribution is -2.42. The molecule has 7 heteroatoms. The van der Waals surface area contributed by atoms with E-state index in [2.05, 4.69) is 0 Å². The Balaban J connectivity index is 2.38. The molecule has 2 rings (SSSR count). The highest BCUT2D eigenvalue weighted by Crippen LogP contribution is 2.29. The molecule has 0 aliphatic carbocycles. The number of hydrogen-bond acceptors (Lipinski definition) is 5. The fourth-order valence-corrected chi connectivity index (χ4v) is 4.22. The summed E-state index contributed by atoms with van der Waals surface area (Å²) in [7, 11) is -0.537. The van der Waals surface area contributed by atoms with E-state index in [1.165, 1.54) is 11.4 Å². The number of nitrogens with zero attached hydrogens (tertiary/aromatic N) is 1. The summed E-state index contributed by atoms with van der Waals surface area (Å²) < 4.78 is 37.6. The Kier molecular flexibility index (Phi) is 5.21. The highest BCUT2D eigenvalue weighted by Gasteiger charge is 2.32. The van der Waals surface area contributed by atoms with Crippen molar-refractivity contribution in [3.05, 3.63) is 23.8 Å². The van der Waals surface area contributed by atoms with Gasteiger partial charge in [-0.25, -0.2) is 8.42 Å². The predicted molar refractivity (Wildman–Crippen MR) is 79.7 cm³/mol. The van der Waals surface area contributed by atoms with Crippen LogP contribution in [-0.2, 0) is 21.3 Å². The van der Waals surface area contributed by atoms with Crippen LogP contribution in [-0.4, -0.2) is 46.1 Å². The Morgan fingerprint density at radius 3 is 2.76 bits per heavy atom. The van der Waals surface area contributed by atoms with Gasteiger partial charge in [-0.05, 0) is 30.5 Å². The molecule has 1 heterocycles. The second-order valence-electron chi connectivity index (χ2n) is 5.05. The number of sulfonamides is 1. The zero-order valence-corrected chi connectivity index (χ0v) is 13.2. The van der Waals surface area contributed by atoms with E-state index < -0.39 is 10.0 Å². The van der Waals surface area contributed by atoms with Gasteiger partial charge in [0.1, 0.15) is 10.6 Å². The summed E-state index contributed by atoms with van der Waals surface area (Å²) in [6, 6.07) is 5.00. The van der Waals surface area contributed by atoms with Crippen molar-refractivity contribution in [1.29, 1.82) is 0 Å². The number of rotatable bonds is 5. The maximum Gasteiger partial charge on any atom is 0.246 e. The second-order valence-corrected chi connectivity index (χ2v) is 6.96. The van der Waals surface area contributed by atoms with Crippen molar-refractivity contribution in [1.82, 2.24) is 4.31 Å². The van der Waals surface area contributed by atoms with Gasteiger partial charge >= 0.3 is 0 Å². The minimum Gasteiger partial charge on any atom is -0.495 e. The smallest absolute Gasteiger partial charge is 0.246 e. The number of nitrogens with two attached hydrogens (primary N) is 1. The van der Waals surface area contributed by atoms with Crippen LogP contribution in [0.25, 0.3) is 0 Å². The Hall–Kier alpha value is -1.15. The lowest BCUT2D eigenvalue weighted by molar-refractivity contribution is 0.0571. The second kappa shape index (κ2) is 6.74. The average Bonchev–Trinajstić information content (AvgIpc) is 2.54.